The molecule has 154 valence electrons. The third kappa shape index (κ3) is 23.8. The van der Waals surface area contributed by atoms with Crippen molar-refractivity contribution in [1.82, 2.24) is 25.8 Å². The molecule has 5 nitrogen and oxygen atoms in total. The lowest BCUT2D eigenvalue weighted by Crippen LogP contribution is -2.45. The van der Waals surface area contributed by atoms with Gasteiger partial charge in [0.1, 0.15) is 0 Å². The van der Waals surface area contributed by atoms with Crippen LogP contribution in [-0.2, 0) is 0 Å². The van der Waals surface area contributed by atoms with E-state index in [0.717, 1.165) is 13.1 Å². The summed E-state index contributed by atoms with van der Waals surface area (Å²) in [4.78, 5) is 4.95. The van der Waals surface area contributed by atoms with Gasteiger partial charge in [-0.05, 0) is 73.6 Å². The number of rotatable bonds is 11. The van der Waals surface area contributed by atoms with Crippen LogP contribution >= 0.6 is 0 Å². The van der Waals surface area contributed by atoms with Gasteiger partial charge in [-0.25, -0.2) is 0 Å². The molecule has 0 radical (unpaired) electrons. The number of nitrogens with zero attached hydrogens (tertiary/aromatic N) is 2. The Labute approximate surface area is 159 Å². The summed E-state index contributed by atoms with van der Waals surface area (Å²) in [5, 5.41) is 9.35. The van der Waals surface area contributed by atoms with Gasteiger partial charge >= 0.3 is 0 Å². The average molecular weight is 360 g/mol. The van der Waals surface area contributed by atoms with Gasteiger partial charge in [-0.2, -0.15) is 0 Å². The zero-order valence-corrected chi connectivity index (χ0v) is 18.3. The zero-order valence-electron chi connectivity index (χ0n) is 18.3. The van der Waals surface area contributed by atoms with Crippen LogP contribution in [0, 0.1) is 0 Å². The number of hydrogen-bond acceptors (Lipinski definition) is 5. The second kappa shape index (κ2) is 23.8. The second-order valence-electron chi connectivity index (χ2n) is 6.87. The summed E-state index contributed by atoms with van der Waals surface area (Å²) < 4.78 is 0. The first-order valence-corrected chi connectivity index (χ1v) is 10.5. The van der Waals surface area contributed by atoms with Gasteiger partial charge < -0.3 is 25.8 Å². The maximum absolute atomic E-state index is 3.18. The molecule has 0 atom stereocenters. The molecule has 0 aromatic heterocycles. The first kappa shape index (κ1) is 27.0. The number of hydrogen-bond donors (Lipinski definition) is 3. The van der Waals surface area contributed by atoms with E-state index in [4.69, 9.17) is 0 Å². The van der Waals surface area contributed by atoms with Crippen LogP contribution in [-0.4, -0.2) is 90.3 Å². The summed E-state index contributed by atoms with van der Waals surface area (Å²) >= 11 is 0. The number of piperazine rings is 1. The standard InChI is InChI=1S/C9H21N3.C6H15N.C5H13N/c1-10-4-3-5-12-8-6-11(2)7-9-12;1-3-4-5-6-7-2;1-3-4-5-6-2/h10H,3-9H2,1-2H3;7H,3-6H2,1-2H3;6H,3-5H2,1-2H3. The van der Waals surface area contributed by atoms with Crippen molar-refractivity contribution in [3.05, 3.63) is 0 Å². The van der Waals surface area contributed by atoms with Crippen LogP contribution in [0.2, 0.25) is 0 Å². The minimum Gasteiger partial charge on any atom is -0.320 e. The Balaban J connectivity index is 0. The van der Waals surface area contributed by atoms with E-state index in [1.165, 1.54) is 77.8 Å². The Morgan fingerprint density at radius 1 is 0.640 bits per heavy atom. The number of likely N-dealkylation sites (N-methyl/N-ethyl adjacent to an activating group) is 1. The van der Waals surface area contributed by atoms with Crippen molar-refractivity contribution in [2.24, 2.45) is 0 Å². The zero-order chi connectivity index (χ0) is 19.2. The van der Waals surface area contributed by atoms with Crippen molar-refractivity contribution in [3.63, 3.8) is 0 Å². The Hall–Kier alpha value is -0.200. The normalized spacial score (nSPS) is 15.1. The van der Waals surface area contributed by atoms with E-state index < -0.39 is 0 Å². The Kier molecular flexibility index (Phi) is 25.7. The van der Waals surface area contributed by atoms with Crippen LogP contribution in [0.1, 0.15) is 52.4 Å². The van der Waals surface area contributed by atoms with E-state index >= 15 is 0 Å². The predicted molar refractivity (Wildman–Crippen MR) is 115 cm³/mol. The fraction of sp³-hybridized carbons (Fsp3) is 1.00. The second-order valence-corrected chi connectivity index (χ2v) is 6.87. The molecule has 1 aliphatic rings. The molecule has 0 unspecified atom stereocenters. The van der Waals surface area contributed by atoms with Gasteiger partial charge in [0.05, 0.1) is 0 Å². The maximum Gasteiger partial charge on any atom is 0.0110 e. The topological polar surface area (TPSA) is 42.6 Å². The van der Waals surface area contributed by atoms with Gasteiger partial charge in [0.2, 0.25) is 0 Å². The molecule has 1 heterocycles. The molecular formula is C20H49N5. The quantitative estimate of drug-likeness (QED) is 0.494. The summed E-state index contributed by atoms with van der Waals surface area (Å²) in [6, 6.07) is 0. The molecule has 0 aromatic carbocycles. The monoisotopic (exact) mass is 359 g/mol. The minimum atomic E-state index is 1.15. The molecular weight excluding hydrogens is 310 g/mol. The third-order valence-corrected chi connectivity index (χ3v) is 4.31. The lowest BCUT2D eigenvalue weighted by atomic mass is 10.2. The molecule has 3 N–H and O–H groups in total. The van der Waals surface area contributed by atoms with E-state index in [-0.39, 0.29) is 0 Å². The largest absolute Gasteiger partial charge is 0.320 e. The number of unbranched alkanes of at least 4 members (excludes halogenated alkanes) is 3. The van der Waals surface area contributed by atoms with Crippen molar-refractivity contribution >= 4 is 0 Å². The first-order valence-electron chi connectivity index (χ1n) is 10.5. The predicted octanol–water partition coefficient (Wildman–Crippen LogP) is 2.25. The average Bonchev–Trinajstić information content (AvgIpc) is 2.63. The molecule has 0 saturated carbocycles. The molecule has 1 saturated heterocycles. The van der Waals surface area contributed by atoms with Crippen molar-refractivity contribution in [2.75, 3.05) is 80.5 Å². The SMILES string of the molecule is CCCCCNC.CCCCNC.CNCCCN1CCN(C)CC1. The van der Waals surface area contributed by atoms with Gasteiger partial charge in [-0.1, -0.05) is 33.1 Å². The highest BCUT2D eigenvalue weighted by Gasteiger charge is 2.12. The molecule has 0 aromatic rings. The van der Waals surface area contributed by atoms with Crippen LogP contribution in [0.5, 0.6) is 0 Å². The Bertz CT molecular complexity index is 210. The van der Waals surface area contributed by atoms with Crippen LogP contribution in [0.25, 0.3) is 0 Å². The van der Waals surface area contributed by atoms with Gasteiger partial charge in [0, 0.05) is 26.2 Å². The molecule has 25 heavy (non-hydrogen) atoms. The van der Waals surface area contributed by atoms with Gasteiger partial charge in [0.15, 0.2) is 0 Å². The van der Waals surface area contributed by atoms with E-state index in [2.05, 4.69) is 46.6 Å². The van der Waals surface area contributed by atoms with Crippen molar-refractivity contribution < 1.29 is 0 Å². The lowest BCUT2D eigenvalue weighted by Gasteiger charge is -2.32. The van der Waals surface area contributed by atoms with Crippen LogP contribution < -0.4 is 16.0 Å². The Morgan fingerprint density at radius 2 is 1.12 bits per heavy atom. The molecule has 1 fully saturated rings. The number of nitrogens with one attached hydrogen (secondary N) is 3. The molecule has 1 rings (SSSR count). The van der Waals surface area contributed by atoms with Crippen molar-refractivity contribution in [3.8, 4) is 0 Å². The van der Waals surface area contributed by atoms with E-state index in [0.29, 0.717) is 0 Å². The lowest BCUT2D eigenvalue weighted by molar-refractivity contribution is 0.153. The summed E-state index contributed by atoms with van der Waals surface area (Å²) in [6.45, 7) is 14.1. The highest BCUT2D eigenvalue weighted by molar-refractivity contribution is 4.68. The van der Waals surface area contributed by atoms with Gasteiger partial charge in [-0.3, -0.25) is 0 Å². The van der Waals surface area contributed by atoms with Gasteiger partial charge in [0.25, 0.3) is 0 Å². The highest BCUT2D eigenvalue weighted by Crippen LogP contribution is 1.99. The first-order chi connectivity index (χ1) is 12.2. The fourth-order valence-corrected chi connectivity index (χ4v) is 2.46. The summed E-state index contributed by atoms with van der Waals surface area (Å²) in [6.07, 6.45) is 7.88. The molecule has 1 aliphatic heterocycles. The Morgan fingerprint density at radius 3 is 1.56 bits per heavy atom. The third-order valence-electron chi connectivity index (χ3n) is 4.31. The van der Waals surface area contributed by atoms with Crippen LogP contribution in [0.3, 0.4) is 0 Å². The molecule has 0 spiro atoms. The van der Waals surface area contributed by atoms with Crippen LogP contribution in [0.15, 0.2) is 0 Å². The maximum atomic E-state index is 3.18. The van der Waals surface area contributed by atoms with E-state index in [1.54, 1.807) is 0 Å². The van der Waals surface area contributed by atoms with E-state index in [9.17, 15) is 0 Å². The van der Waals surface area contributed by atoms with E-state index in [1.807, 2.05) is 21.1 Å². The smallest absolute Gasteiger partial charge is 0.0110 e. The van der Waals surface area contributed by atoms with Crippen molar-refractivity contribution in [1.29, 1.82) is 0 Å². The molecule has 0 bridgehead atoms. The molecule has 5 heteroatoms. The fourth-order valence-electron chi connectivity index (χ4n) is 2.46. The highest BCUT2D eigenvalue weighted by atomic mass is 15.2. The molecule has 0 aliphatic carbocycles. The summed E-state index contributed by atoms with van der Waals surface area (Å²) in [7, 11) is 8.19. The van der Waals surface area contributed by atoms with Crippen molar-refractivity contribution in [2.45, 2.75) is 52.4 Å². The minimum absolute atomic E-state index is 1.15. The summed E-state index contributed by atoms with van der Waals surface area (Å²) in [5.41, 5.74) is 0. The van der Waals surface area contributed by atoms with Crippen LogP contribution in [0.4, 0.5) is 0 Å². The van der Waals surface area contributed by atoms with Gasteiger partial charge in [-0.15, -0.1) is 0 Å². The summed E-state index contributed by atoms with van der Waals surface area (Å²) in [5.74, 6) is 0. The molecule has 0 amide bonds.